The van der Waals surface area contributed by atoms with Gasteiger partial charge in [-0.1, -0.05) is 0 Å². The summed E-state index contributed by atoms with van der Waals surface area (Å²) in [6.45, 7) is 0. The molecule has 0 amide bonds. The fourth-order valence-electron chi connectivity index (χ4n) is 0.762. The lowest BCUT2D eigenvalue weighted by molar-refractivity contribution is -0.137. The molecule has 0 aliphatic carbocycles. The number of halogens is 1. The molecule has 1 aromatic rings. The first-order valence-electron chi connectivity index (χ1n) is 3.18. The molecule has 0 aliphatic heterocycles. The third kappa shape index (κ3) is 2.26. The third-order valence-electron chi connectivity index (χ3n) is 1.28. The number of rotatable bonds is 3. The first kappa shape index (κ1) is 9.63. The minimum atomic E-state index is -0.900. The van der Waals surface area contributed by atoms with Crippen LogP contribution >= 0.6 is 27.5 Å². The maximum absolute atomic E-state index is 10.3. The van der Waals surface area contributed by atoms with Crippen molar-refractivity contribution in [3.8, 4) is 0 Å². The van der Waals surface area contributed by atoms with Gasteiger partial charge in [0.25, 0.3) is 0 Å². The first-order valence-corrected chi connectivity index (χ1v) is 4.75. The van der Waals surface area contributed by atoms with E-state index >= 15 is 0 Å². The zero-order valence-corrected chi connectivity index (χ0v) is 8.43. The summed E-state index contributed by atoms with van der Waals surface area (Å²) >= 11 is 4.45. The highest BCUT2D eigenvalue weighted by atomic mass is 79.9. The molecule has 0 saturated heterocycles. The number of aliphatic carboxylic acids is 1. The second-order valence-corrected chi connectivity index (χ2v) is 3.93. The second kappa shape index (κ2) is 3.97. The van der Waals surface area contributed by atoms with Crippen LogP contribution in [0.2, 0.25) is 0 Å². The van der Waals surface area contributed by atoms with E-state index in [-0.39, 0.29) is 6.42 Å². The molecule has 1 heterocycles. The van der Waals surface area contributed by atoms with Gasteiger partial charge in [-0.15, -0.1) is 0 Å². The van der Waals surface area contributed by atoms with Gasteiger partial charge in [0.15, 0.2) is 0 Å². The molecule has 1 atom stereocenters. The predicted octanol–water partition coefficient (Wildman–Crippen LogP) is 1.38. The van der Waals surface area contributed by atoms with Gasteiger partial charge in [-0.25, -0.2) is 0 Å². The molecule has 1 rings (SSSR count). The maximum atomic E-state index is 10.3. The number of carbonyl (C=O) groups is 1. The van der Waals surface area contributed by atoms with Gasteiger partial charge in [-0.05, 0) is 27.5 Å². The fourth-order valence-corrected chi connectivity index (χ4v) is 2.14. The number of carboxylic acid groups (broad SMARTS) is 1. The molecule has 1 aromatic heterocycles. The van der Waals surface area contributed by atoms with E-state index in [1.54, 1.807) is 6.20 Å². The van der Waals surface area contributed by atoms with Gasteiger partial charge in [0.05, 0.1) is 28.0 Å². The Balaban J connectivity index is 2.71. The lowest BCUT2D eigenvalue weighted by atomic mass is 10.2. The summed E-state index contributed by atoms with van der Waals surface area (Å²) in [7, 11) is 0. The summed E-state index contributed by atoms with van der Waals surface area (Å²) in [6, 6.07) is -0.468. The largest absolute Gasteiger partial charge is 0.481 e. The molecule has 66 valence electrons. The Hall–Kier alpha value is -0.460. The van der Waals surface area contributed by atoms with Crippen LogP contribution in [0.1, 0.15) is 17.3 Å². The normalized spacial score (nSPS) is 12.8. The van der Waals surface area contributed by atoms with Crippen LogP contribution in [0.15, 0.2) is 10.7 Å². The van der Waals surface area contributed by atoms with Crippen molar-refractivity contribution in [2.75, 3.05) is 0 Å². The number of carboxylic acids is 1. The number of aromatic nitrogens is 1. The minimum absolute atomic E-state index is 0.0687. The molecular weight excluding hydrogens is 244 g/mol. The highest BCUT2D eigenvalue weighted by Crippen LogP contribution is 2.26. The Morgan fingerprint density at radius 1 is 1.92 bits per heavy atom. The Morgan fingerprint density at radius 2 is 2.58 bits per heavy atom. The van der Waals surface area contributed by atoms with Crippen molar-refractivity contribution in [2.24, 2.45) is 5.73 Å². The summed E-state index contributed by atoms with van der Waals surface area (Å²) in [4.78, 5) is 11.1. The molecule has 0 aromatic carbocycles. The fraction of sp³-hybridized carbons (Fsp3) is 0.333. The standard InChI is InChI=1S/C6H7BrN2O2S/c7-3-2-9-12-6(3)4(8)1-5(10)11/h2,4H,1,8H2,(H,10,11)/t4-/m1/s1. The minimum Gasteiger partial charge on any atom is -0.481 e. The van der Waals surface area contributed by atoms with Gasteiger partial charge in [0, 0.05) is 0 Å². The van der Waals surface area contributed by atoms with Crippen molar-refractivity contribution in [2.45, 2.75) is 12.5 Å². The Bertz CT molecular complexity index is 289. The molecular formula is C6H7BrN2O2S. The quantitative estimate of drug-likeness (QED) is 0.850. The molecule has 0 saturated carbocycles. The highest BCUT2D eigenvalue weighted by Gasteiger charge is 2.15. The summed E-state index contributed by atoms with van der Waals surface area (Å²) in [5.41, 5.74) is 5.60. The van der Waals surface area contributed by atoms with E-state index in [9.17, 15) is 4.79 Å². The van der Waals surface area contributed by atoms with Crippen molar-refractivity contribution < 1.29 is 9.90 Å². The van der Waals surface area contributed by atoms with Gasteiger partial charge < -0.3 is 10.8 Å². The van der Waals surface area contributed by atoms with E-state index in [4.69, 9.17) is 10.8 Å². The van der Waals surface area contributed by atoms with Gasteiger partial charge in [0.1, 0.15) is 0 Å². The molecule has 6 heteroatoms. The zero-order chi connectivity index (χ0) is 9.14. The predicted molar refractivity (Wildman–Crippen MR) is 49.0 cm³/mol. The smallest absolute Gasteiger partial charge is 0.305 e. The van der Waals surface area contributed by atoms with Crippen molar-refractivity contribution in [3.63, 3.8) is 0 Å². The number of nitrogens with two attached hydrogens (primary N) is 1. The molecule has 0 bridgehead atoms. The van der Waals surface area contributed by atoms with E-state index in [1.165, 1.54) is 11.5 Å². The average Bonchev–Trinajstić information content (AvgIpc) is 2.33. The molecule has 0 aliphatic rings. The van der Waals surface area contributed by atoms with E-state index in [1.807, 2.05) is 0 Å². The highest BCUT2D eigenvalue weighted by molar-refractivity contribution is 9.10. The van der Waals surface area contributed by atoms with E-state index < -0.39 is 12.0 Å². The van der Waals surface area contributed by atoms with Crippen LogP contribution in [-0.2, 0) is 4.79 Å². The average molecular weight is 251 g/mol. The van der Waals surface area contributed by atoms with E-state index in [0.29, 0.717) is 0 Å². The molecule has 12 heavy (non-hydrogen) atoms. The lowest BCUT2D eigenvalue weighted by Gasteiger charge is -2.04. The number of nitrogens with zero attached hydrogens (tertiary/aromatic N) is 1. The van der Waals surface area contributed by atoms with E-state index in [0.717, 1.165) is 9.35 Å². The molecule has 0 radical (unpaired) electrons. The van der Waals surface area contributed by atoms with E-state index in [2.05, 4.69) is 20.3 Å². The van der Waals surface area contributed by atoms with Crippen molar-refractivity contribution >= 4 is 33.4 Å². The van der Waals surface area contributed by atoms with Crippen LogP contribution in [0, 0.1) is 0 Å². The van der Waals surface area contributed by atoms with Gasteiger partial charge >= 0.3 is 5.97 Å². The first-order chi connectivity index (χ1) is 5.61. The molecule has 0 spiro atoms. The molecule has 4 nitrogen and oxygen atoms in total. The van der Waals surface area contributed by atoms with Crippen LogP contribution in [-0.4, -0.2) is 15.4 Å². The summed E-state index contributed by atoms with van der Waals surface area (Å²) < 4.78 is 4.65. The number of hydrogen-bond acceptors (Lipinski definition) is 4. The van der Waals surface area contributed by atoms with Gasteiger partial charge in [-0.2, -0.15) is 4.37 Å². The van der Waals surface area contributed by atoms with Crippen molar-refractivity contribution in [3.05, 3.63) is 15.5 Å². The Labute approximate surface area is 81.7 Å². The van der Waals surface area contributed by atoms with Crippen LogP contribution in [0.25, 0.3) is 0 Å². The van der Waals surface area contributed by atoms with Crippen molar-refractivity contribution in [1.29, 1.82) is 0 Å². The van der Waals surface area contributed by atoms with Gasteiger partial charge in [-0.3, -0.25) is 4.79 Å². The van der Waals surface area contributed by atoms with Crippen LogP contribution in [0.3, 0.4) is 0 Å². The molecule has 3 N–H and O–H groups in total. The SMILES string of the molecule is N[C@H](CC(=O)O)c1sncc1Br. The Morgan fingerprint density at radius 3 is 3.00 bits per heavy atom. The van der Waals surface area contributed by atoms with Crippen molar-refractivity contribution in [1.82, 2.24) is 4.37 Å². The zero-order valence-electron chi connectivity index (χ0n) is 6.03. The summed E-state index contributed by atoms with van der Waals surface area (Å²) in [5.74, 6) is -0.900. The maximum Gasteiger partial charge on any atom is 0.305 e. The number of hydrogen-bond donors (Lipinski definition) is 2. The molecule has 0 fully saturated rings. The second-order valence-electron chi connectivity index (χ2n) is 2.24. The topological polar surface area (TPSA) is 76.2 Å². The monoisotopic (exact) mass is 250 g/mol. The lowest BCUT2D eigenvalue weighted by Crippen LogP contribution is -2.13. The third-order valence-corrected chi connectivity index (χ3v) is 3.11. The van der Waals surface area contributed by atoms with Gasteiger partial charge in [0.2, 0.25) is 0 Å². The summed E-state index contributed by atoms with van der Waals surface area (Å²) in [5, 5.41) is 8.46. The van der Waals surface area contributed by atoms with Crippen LogP contribution < -0.4 is 5.73 Å². The van der Waals surface area contributed by atoms with Crippen LogP contribution in [0.5, 0.6) is 0 Å². The molecule has 0 unspecified atom stereocenters. The Kier molecular flexibility index (Phi) is 3.19. The van der Waals surface area contributed by atoms with Crippen LogP contribution in [0.4, 0.5) is 0 Å². The summed E-state index contributed by atoms with van der Waals surface area (Å²) in [6.07, 6.45) is 1.54.